The molecule has 0 bridgehead atoms. The summed E-state index contributed by atoms with van der Waals surface area (Å²) in [7, 11) is 0. The van der Waals surface area contributed by atoms with Crippen LogP contribution in [0, 0.1) is 0 Å². The number of carbonyl (C=O) groups excluding carboxylic acids is 1. The average Bonchev–Trinajstić information content (AvgIpc) is 2.45. The largest absolute Gasteiger partial charge is 0.338 e. The Morgan fingerprint density at radius 3 is 2.64 bits per heavy atom. The minimum atomic E-state index is 0.0814. The van der Waals surface area contributed by atoms with Crippen LogP contribution in [0.1, 0.15) is 46.0 Å². The van der Waals surface area contributed by atoms with Crippen LogP contribution >= 0.6 is 11.6 Å². The predicted octanol–water partition coefficient (Wildman–Crippen LogP) is 2.80. The van der Waals surface area contributed by atoms with Gasteiger partial charge in [0.15, 0.2) is 0 Å². The molecule has 1 amide bonds. The first-order chi connectivity index (χ1) is 6.58. The zero-order chi connectivity index (χ0) is 10.6. The van der Waals surface area contributed by atoms with Crippen molar-refractivity contribution in [2.75, 3.05) is 12.4 Å². The molecular weight excluding hydrogens is 198 g/mol. The van der Waals surface area contributed by atoms with Crippen molar-refractivity contribution < 1.29 is 4.79 Å². The molecule has 0 saturated carbocycles. The maximum atomic E-state index is 11.8. The first kappa shape index (κ1) is 11.8. The quantitative estimate of drug-likeness (QED) is 0.524. The van der Waals surface area contributed by atoms with Crippen LogP contribution in [0.2, 0.25) is 0 Å². The summed E-state index contributed by atoms with van der Waals surface area (Å²) in [5, 5.41) is 0. The molecule has 1 rings (SSSR count). The van der Waals surface area contributed by atoms with Gasteiger partial charge in [-0.1, -0.05) is 0 Å². The Morgan fingerprint density at radius 1 is 1.43 bits per heavy atom. The number of alkyl halides is 1. The zero-order valence-corrected chi connectivity index (χ0v) is 9.94. The molecule has 82 valence electrons. The molecule has 0 aliphatic carbocycles. The van der Waals surface area contributed by atoms with Crippen LogP contribution in [0.25, 0.3) is 0 Å². The molecule has 0 atom stereocenters. The van der Waals surface area contributed by atoms with Crippen molar-refractivity contribution >= 4 is 17.5 Å². The van der Waals surface area contributed by atoms with E-state index in [9.17, 15) is 4.79 Å². The minimum Gasteiger partial charge on any atom is -0.338 e. The Kier molecular flexibility index (Phi) is 4.24. The van der Waals surface area contributed by atoms with Gasteiger partial charge < -0.3 is 4.90 Å². The molecular formula is C11H20ClNO. The lowest BCUT2D eigenvalue weighted by molar-refractivity contribution is -0.134. The maximum absolute atomic E-state index is 11.8. The normalized spacial score (nSPS) is 20.1. The third-order valence-corrected chi connectivity index (χ3v) is 3.24. The standard InChI is InChI=1S/C11H20ClNO/c1-11(2)7-5-9-13(11)10(14)6-3-4-8-12/h3-9H2,1-2H3. The minimum absolute atomic E-state index is 0.0814. The Labute approximate surface area is 91.6 Å². The first-order valence-corrected chi connectivity index (χ1v) is 5.98. The highest BCUT2D eigenvalue weighted by atomic mass is 35.5. The average molecular weight is 218 g/mol. The monoisotopic (exact) mass is 217 g/mol. The van der Waals surface area contributed by atoms with Crippen LogP contribution in [-0.2, 0) is 4.79 Å². The van der Waals surface area contributed by atoms with Crippen LogP contribution in [0.15, 0.2) is 0 Å². The van der Waals surface area contributed by atoms with E-state index in [0.717, 1.165) is 32.2 Å². The fourth-order valence-electron chi connectivity index (χ4n) is 2.08. The van der Waals surface area contributed by atoms with Crippen molar-refractivity contribution in [1.29, 1.82) is 0 Å². The number of unbranched alkanes of at least 4 members (excludes halogenated alkanes) is 1. The van der Waals surface area contributed by atoms with E-state index in [1.165, 1.54) is 0 Å². The molecule has 1 fully saturated rings. The lowest BCUT2D eigenvalue weighted by Crippen LogP contribution is -2.42. The van der Waals surface area contributed by atoms with Crippen molar-refractivity contribution in [3.05, 3.63) is 0 Å². The Hall–Kier alpha value is -0.240. The van der Waals surface area contributed by atoms with Crippen LogP contribution in [-0.4, -0.2) is 28.8 Å². The molecule has 0 aromatic rings. The van der Waals surface area contributed by atoms with Crippen LogP contribution in [0.4, 0.5) is 0 Å². The van der Waals surface area contributed by atoms with E-state index in [4.69, 9.17) is 11.6 Å². The van der Waals surface area contributed by atoms with Crippen molar-refractivity contribution in [2.24, 2.45) is 0 Å². The molecule has 1 heterocycles. The highest BCUT2D eigenvalue weighted by Gasteiger charge is 2.34. The molecule has 1 aliphatic rings. The number of rotatable bonds is 4. The number of amides is 1. The summed E-state index contributed by atoms with van der Waals surface area (Å²) >= 11 is 5.58. The van der Waals surface area contributed by atoms with Gasteiger partial charge in [0, 0.05) is 24.4 Å². The second kappa shape index (κ2) is 5.01. The lowest BCUT2D eigenvalue weighted by Gasteiger charge is -2.31. The van der Waals surface area contributed by atoms with Gasteiger partial charge in [-0.25, -0.2) is 0 Å². The van der Waals surface area contributed by atoms with Crippen molar-refractivity contribution in [3.8, 4) is 0 Å². The fraction of sp³-hybridized carbons (Fsp3) is 0.909. The first-order valence-electron chi connectivity index (χ1n) is 5.44. The molecule has 0 aromatic carbocycles. The van der Waals surface area contributed by atoms with Gasteiger partial charge in [0.25, 0.3) is 0 Å². The van der Waals surface area contributed by atoms with Gasteiger partial charge in [-0.05, 0) is 39.5 Å². The highest BCUT2D eigenvalue weighted by molar-refractivity contribution is 6.17. The lowest BCUT2D eigenvalue weighted by atomic mass is 10.0. The predicted molar refractivity (Wildman–Crippen MR) is 59.6 cm³/mol. The zero-order valence-electron chi connectivity index (χ0n) is 9.18. The topological polar surface area (TPSA) is 20.3 Å². The fourth-order valence-corrected chi connectivity index (χ4v) is 2.26. The molecule has 2 nitrogen and oxygen atoms in total. The van der Waals surface area contributed by atoms with Gasteiger partial charge >= 0.3 is 0 Å². The molecule has 3 heteroatoms. The summed E-state index contributed by atoms with van der Waals surface area (Å²) in [6.45, 7) is 5.24. The molecule has 0 unspecified atom stereocenters. The highest BCUT2D eigenvalue weighted by Crippen LogP contribution is 2.28. The summed E-state index contributed by atoms with van der Waals surface area (Å²) in [6.07, 6.45) is 4.81. The Morgan fingerprint density at radius 2 is 2.14 bits per heavy atom. The Balaban J connectivity index is 2.36. The van der Waals surface area contributed by atoms with E-state index in [1.54, 1.807) is 0 Å². The summed E-state index contributed by atoms with van der Waals surface area (Å²) in [4.78, 5) is 13.8. The van der Waals surface area contributed by atoms with Gasteiger partial charge in [-0.3, -0.25) is 4.79 Å². The van der Waals surface area contributed by atoms with Gasteiger partial charge in [-0.15, -0.1) is 11.6 Å². The van der Waals surface area contributed by atoms with Gasteiger partial charge in [0.2, 0.25) is 5.91 Å². The van der Waals surface area contributed by atoms with Crippen molar-refractivity contribution in [1.82, 2.24) is 4.90 Å². The smallest absolute Gasteiger partial charge is 0.223 e. The number of halogens is 1. The molecule has 0 N–H and O–H groups in total. The summed E-state index contributed by atoms with van der Waals surface area (Å²) < 4.78 is 0. The molecule has 0 aromatic heterocycles. The van der Waals surface area contributed by atoms with E-state index < -0.39 is 0 Å². The number of hydrogen-bond donors (Lipinski definition) is 0. The van der Waals surface area contributed by atoms with E-state index in [1.807, 2.05) is 4.90 Å². The van der Waals surface area contributed by atoms with E-state index in [-0.39, 0.29) is 5.54 Å². The number of nitrogens with zero attached hydrogens (tertiary/aromatic N) is 1. The van der Waals surface area contributed by atoms with Crippen LogP contribution in [0.5, 0.6) is 0 Å². The van der Waals surface area contributed by atoms with Gasteiger partial charge in [0.05, 0.1) is 0 Å². The summed E-state index contributed by atoms with van der Waals surface area (Å²) in [5.74, 6) is 0.967. The molecule has 0 spiro atoms. The number of carbonyl (C=O) groups is 1. The molecule has 1 aliphatic heterocycles. The van der Waals surface area contributed by atoms with Crippen LogP contribution < -0.4 is 0 Å². The van der Waals surface area contributed by atoms with Crippen LogP contribution in [0.3, 0.4) is 0 Å². The third-order valence-electron chi connectivity index (χ3n) is 2.98. The summed E-state index contributed by atoms with van der Waals surface area (Å²) in [5.41, 5.74) is 0.0814. The third kappa shape index (κ3) is 2.88. The van der Waals surface area contributed by atoms with E-state index in [2.05, 4.69) is 13.8 Å². The maximum Gasteiger partial charge on any atom is 0.223 e. The second-order valence-electron chi connectivity index (χ2n) is 4.61. The molecule has 0 radical (unpaired) electrons. The second-order valence-corrected chi connectivity index (χ2v) is 4.99. The van der Waals surface area contributed by atoms with Gasteiger partial charge in [-0.2, -0.15) is 0 Å². The summed E-state index contributed by atoms with van der Waals surface area (Å²) in [6, 6.07) is 0. The van der Waals surface area contributed by atoms with E-state index >= 15 is 0 Å². The number of likely N-dealkylation sites (tertiary alicyclic amines) is 1. The van der Waals surface area contributed by atoms with Crippen molar-refractivity contribution in [3.63, 3.8) is 0 Å². The Bertz CT molecular complexity index is 203. The molecule has 14 heavy (non-hydrogen) atoms. The SMILES string of the molecule is CC1(C)CCCN1C(=O)CCCCCl. The number of hydrogen-bond acceptors (Lipinski definition) is 1. The van der Waals surface area contributed by atoms with Gasteiger partial charge in [0.1, 0.15) is 0 Å². The van der Waals surface area contributed by atoms with Crippen molar-refractivity contribution in [2.45, 2.75) is 51.5 Å². The molecule has 1 saturated heterocycles. The van der Waals surface area contributed by atoms with E-state index in [0.29, 0.717) is 18.2 Å².